The lowest BCUT2D eigenvalue weighted by Crippen LogP contribution is -2.32. The van der Waals surface area contributed by atoms with Gasteiger partial charge in [-0.1, -0.05) is 6.07 Å². The summed E-state index contributed by atoms with van der Waals surface area (Å²) in [6.07, 6.45) is -0.958. The second kappa shape index (κ2) is 4.45. The molecule has 0 saturated carbocycles. The second-order valence-electron chi connectivity index (χ2n) is 3.00. The van der Waals surface area contributed by atoms with Crippen LogP contribution in [0.15, 0.2) is 18.2 Å². The summed E-state index contributed by atoms with van der Waals surface area (Å²) in [7, 11) is 0. The summed E-state index contributed by atoms with van der Waals surface area (Å²) < 4.78 is 25.3. The van der Waals surface area contributed by atoms with Gasteiger partial charge in [0.25, 0.3) is 0 Å². The molecule has 0 aliphatic carbocycles. The Kier molecular flexibility index (Phi) is 3.51. The molecule has 0 heterocycles. The molecule has 14 heavy (non-hydrogen) atoms. The van der Waals surface area contributed by atoms with Gasteiger partial charge < -0.3 is 16.6 Å². The molecule has 78 valence electrons. The molecule has 0 spiro atoms. The number of aliphatic hydroxyl groups is 1. The highest BCUT2D eigenvalue weighted by molar-refractivity contribution is 5.21. The van der Waals surface area contributed by atoms with Gasteiger partial charge in [-0.15, -0.1) is 0 Å². The van der Waals surface area contributed by atoms with E-state index in [0.717, 1.165) is 12.1 Å². The topological polar surface area (TPSA) is 72.3 Å². The number of benzene rings is 1. The van der Waals surface area contributed by atoms with Gasteiger partial charge in [-0.3, -0.25) is 0 Å². The summed E-state index contributed by atoms with van der Waals surface area (Å²) in [6.45, 7) is -0.0276. The Balaban J connectivity index is 2.91. The predicted molar refractivity (Wildman–Crippen MR) is 48.3 cm³/mol. The third kappa shape index (κ3) is 2.25. The van der Waals surface area contributed by atoms with Crippen LogP contribution in [0.5, 0.6) is 0 Å². The molecule has 1 aromatic rings. The van der Waals surface area contributed by atoms with E-state index in [1.54, 1.807) is 0 Å². The van der Waals surface area contributed by atoms with Crippen molar-refractivity contribution in [2.75, 3.05) is 6.54 Å². The van der Waals surface area contributed by atoms with Gasteiger partial charge in [0.1, 0.15) is 0 Å². The number of nitrogens with two attached hydrogens (primary N) is 2. The monoisotopic (exact) mass is 202 g/mol. The van der Waals surface area contributed by atoms with Gasteiger partial charge in [0.2, 0.25) is 0 Å². The standard InChI is InChI=1S/C9H12F2N2O/c10-6-2-1-5(3-7(6)11)9(13)8(14)4-12/h1-3,8-9,14H,4,12-13H2. The zero-order chi connectivity index (χ0) is 10.7. The molecule has 5 N–H and O–H groups in total. The number of aliphatic hydroxyl groups excluding tert-OH is 1. The predicted octanol–water partition coefficient (Wildman–Crippen LogP) is 0.284. The smallest absolute Gasteiger partial charge is 0.159 e. The molecule has 1 aromatic carbocycles. The molecule has 0 saturated heterocycles. The van der Waals surface area contributed by atoms with Gasteiger partial charge in [0.15, 0.2) is 11.6 Å². The number of halogens is 2. The van der Waals surface area contributed by atoms with Crippen molar-refractivity contribution < 1.29 is 13.9 Å². The number of hydrogen-bond acceptors (Lipinski definition) is 3. The largest absolute Gasteiger partial charge is 0.390 e. The van der Waals surface area contributed by atoms with Crippen molar-refractivity contribution in [3.8, 4) is 0 Å². The van der Waals surface area contributed by atoms with Crippen LogP contribution in [-0.2, 0) is 0 Å². The summed E-state index contributed by atoms with van der Waals surface area (Å²) >= 11 is 0. The van der Waals surface area contributed by atoms with Crippen LogP contribution in [0.3, 0.4) is 0 Å². The van der Waals surface area contributed by atoms with Gasteiger partial charge in [-0.25, -0.2) is 8.78 Å². The molecule has 0 radical (unpaired) electrons. The quantitative estimate of drug-likeness (QED) is 0.659. The van der Waals surface area contributed by atoms with Gasteiger partial charge in [-0.2, -0.15) is 0 Å². The highest BCUT2D eigenvalue weighted by atomic mass is 19.2. The molecule has 0 aromatic heterocycles. The van der Waals surface area contributed by atoms with Crippen molar-refractivity contribution in [1.29, 1.82) is 0 Å². The van der Waals surface area contributed by atoms with E-state index in [1.165, 1.54) is 6.07 Å². The first kappa shape index (κ1) is 11.0. The molecule has 2 atom stereocenters. The fourth-order valence-electron chi connectivity index (χ4n) is 1.09. The molecule has 0 fully saturated rings. The molecule has 0 aliphatic heterocycles. The first-order valence-electron chi connectivity index (χ1n) is 4.15. The van der Waals surface area contributed by atoms with Gasteiger partial charge in [0, 0.05) is 6.54 Å². The Morgan fingerprint density at radius 3 is 2.43 bits per heavy atom. The Morgan fingerprint density at radius 1 is 1.29 bits per heavy atom. The minimum absolute atomic E-state index is 0.0276. The molecule has 2 unspecified atom stereocenters. The summed E-state index contributed by atoms with van der Waals surface area (Å²) in [4.78, 5) is 0. The normalized spacial score (nSPS) is 15.2. The van der Waals surface area contributed by atoms with Crippen LogP contribution in [0.2, 0.25) is 0 Å². The van der Waals surface area contributed by atoms with E-state index in [0.29, 0.717) is 5.56 Å². The van der Waals surface area contributed by atoms with Crippen molar-refractivity contribution >= 4 is 0 Å². The summed E-state index contributed by atoms with van der Waals surface area (Å²) in [5.74, 6) is -1.93. The number of rotatable bonds is 3. The van der Waals surface area contributed by atoms with Crippen LogP contribution in [0, 0.1) is 11.6 Å². The highest BCUT2D eigenvalue weighted by Crippen LogP contribution is 2.16. The third-order valence-electron chi connectivity index (χ3n) is 1.98. The minimum atomic E-state index is -0.984. The van der Waals surface area contributed by atoms with E-state index in [2.05, 4.69) is 0 Å². The van der Waals surface area contributed by atoms with Crippen molar-refractivity contribution in [2.45, 2.75) is 12.1 Å². The van der Waals surface area contributed by atoms with E-state index in [1.807, 2.05) is 0 Å². The molecule has 3 nitrogen and oxygen atoms in total. The Bertz CT molecular complexity index is 320. The zero-order valence-electron chi connectivity index (χ0n) is 7.45. The maximum absolute atomic E-state index is 12.8. The fraction of sp³-hybridized carbons (Fsp3) is 0.333. The first-order chi connectivity index (χ1) is 6.56. The molecular weight excluding hydrogens is 190 g/mol. The molecule has 5 heteroatoms. The molecular formula is C9H12F2N2O. The van der Waals surface area contributed by atoms with Crippen LogP contribution in [0.25, 0.3) is 0 Å². The van der Waals surface area contributed by atoms with Gasteiger partial charge >= 0.3 is 0 Å². The van der Waals surface area contributed by atoms with E-state index in [-0.39, 0.29) is 6.54 Å². The van der Waals surface area contributed by atoms with Crippen LogP contribution in [0.4, 0.5) is 8.78 Å². The average Bonchev–Trinajstić information content (AvgIpc) is 2.20. The average molecular weight is 202 g/mol. The molecule has 0 amide bonds. The van der Waals surface area contributed by atoms with E-state index < -0.39 is 23.8 Å². The Hall–Kier alpha value is -1.04. The first-order valence-corrected chi connectivity index (χ1v) is 4.15. The van der Waals surface area contributed by atoms with Crippen molar-refractivity contribution in [3.63, 3.8) is 0 Å². The fourth-order valence-corrected chi connectivity index (χ4v) is 1.09. The van der Waals surface area contributed by atoms with Crippen molar-refractivity contribution in [2.24, 2.45) is 11.5 Å². The van der Waals surface area contributed by atoms with Gasteiger partial charge in [0.05, 0.1) is 12.1 Å². The maximum atomic E-state index is 12.8. The van der Waals surface area contributed by atoms with E-state index in [9.17, 15) is 13.9 Å². The third-order valence-corrected chi connectivity index (χ3v) is 1.98. The van der Waals surface area contributed by atoms with Crippen molar-refractivity contribution in [1.82, 2.24) is 0 Å². The summed E-state index contributed by atoms with van der Waals surface area (Å²) in [5, 5.41) is 9.27. The highest BCUT2D eigenvalue weighted by Gasteiger charge is 2.16. The van der Waals surface area contributed by atoms with Gasteiger partial charge in [-0.05, 0) is 17.7 Å². The molecule has 1 rings (SSSR count). The lowest BCUT2D eigenvalue weighted by atomic mass is 10.0. The van der Waals surface area contributed by atoms with Crippen molar-refractivity contribution in [3.05, 3.63) is 35.4 Å². The lowest BCUT2D eigenvalue weighted by Gasteiger charge is -2.17. The second-order valence-corrected chi connectivity index (χ2v) is 3.00. The lowest BCUT2D eigenvalue weighted by molar-refractivity contribution is 0.153. The summed E-state index contributed by atoms with van der Waals surface area (Å²) in [6, 6.07) is 2.45. The molecule has 0 aliphatic rings. The van der Waals surface area contributed by atoms with E-state index >= 15 is 0 Å². The zero-order valence-corrected chi connectivity index (χ0v) is 7.45. The van der Waals surface area contributed by atoms with E-state index in [4.69, 9.17) is 11.5 Å². The Morgan fingerprint density at radius 2 is 1.93 bits per heavy atom. The van der Waals surface area contributed by atoms with Crippen LogP contribution in [0.1, 0.15) is 11.6 Å². The molecule has 0 bridgehead atoms. The van der Waals surface area contributed by atoms with Crippen LogP contribution >= 0.6 is 0 Å². The van der Waals surface area contributed by atoms with Crippen LogP contribution in [-0.4, -0.2) is 17.8 Å². The number of hydrogen-bond donors (Lipinski definition) is 3. The Labute approximate surface area is 80.3 Å². The minimum Gasteiger partial charge on any atom is -0.390 e. The van der Waals surface area contributed by atoms with Crippen LogP contribution < -0.4 is 11.5 Å². The maximum Gasteiger partial charge on any atom is 0.159 e. The summed E-state index contributed by atoms with van der Waals surface area (Å²) in [5.41, 5.74) is 11.1. The SMILES string of the molecule is NCC(O)C(N)c1ccc(F)c(F)c1.